The monoisotopic (exact) mass is 553 g/mol. The molecule has 1 aliphatic rings. The molecule has 0 unspecified atom stereocenters. The molecule has 1 atom stereocenters. The van der Waals surface area contributed by atoms with E-state index in [-0.39, 0.29) is 36.3 Å². The van der Waals surface area contributed by atoms with Gasteiger partial charge in [0.1, 0.15) is 24.1 Å². The molecule has 0 spiro atoms. The minimum atomic E-state index is -0.993. The largest absolute Gasteiger partial charge is 0.478 e. The lowest BCUT2D eigenvalue weighted by Gasteiger charge is -2.18. The predicted octanol–water partition coefficient (Wildman–Crippen LogP) is 7.52. The Balaban J connectivity index is 1.25. The van der Waals surface area contributed by atoms with Crippen molar-refractivity contribution in [3.63, 3.8) is 0 Å². The molecule has 6 rings (SSSR count). The Morgan fingerprint density at radius 2 is 1.78 bits per heavy atom. The predicted molar refractivity (Wildman–Crippen MR) is 152 cm³/mol. The van der Waals surface area contributed by atoms with E-state index in [0.717, 1.165) is 23.9 Å². The summed E-state index contributed by atoms with van der Waals surface area (Å²) in [6.45, 7) is 3.97. The summed E-state index contributed by atoms with van der Waals surface area (Å²) in [5.41, 5.74) is 4.51. The summed E-state index contributed by atoms with van der Waals surface area (Å²) in [5.74, 6) is -0.203. The van der Waals surface area contributed by atoms with E-state index in [1.807, 2.05) is 19.1 Å². The molecular weight excluding hydrogens is 524 g/mol. The highest BCUT2D eigenvalue weighted by Gasteiger charge is 2.32. The van der Waals surface area contributed by atoms with Gasteiger partial charge in [-0.25, -0.2) is 23.5 Å². The highest BCUT2D eigenvalue weighted by Crippen LogP contribution is 2.41. The number of fused-ring (bicyclic) bond motifs is 1. The van der Waals surface area contributed by atoms with Crippen LogP contribution < -0.4 is 4.74 Å². The van der Waals surface area contributed by atoms with Gasteiger partial charge in [0.2, 0.25) is 5.88 Å². The van der Waals surface area contributed by atoms with Gasteiger partial charge in [0, 0.05) is 29.7 Å². The molecule has 2 aromatic heterocycles. The molecule has 6 nitrogen and oxygen atoms in total. The Bertz CT molecular complexity index is 1780. The van der Waals surface area contributed by atoms with Crippen LogP contribution in [0.1, 0.15) is 58.7 Å². The minimum Gasteiger partial charge on any atom is -0.478 e. The number of hydrogen-bond donors (Lipinski definition) is 1. The maximum atomic E-state index is 15.5. The molecule has 41 heavy (non-hydrogen) atoms. The average molecular weight is 554 g/mol. The zero-order chi connectivity index (χ0) is 28.7. The number of aryl methyl sites for hydroxylation is 1. The van der Waals surface area contributed by atoms with Crippen molar-refractivity contribution in [3.05, 3.63) is 113 Å². The number of imidazole rings is 1. The summed E-state index contributed by atoms with van der Waals surface area (Å²) in [5, 5.41) is 9.51. The third-order valence-corrected chi connectivity index (χ3v) is 7.73. The molecule has 2 heterocycles. The normalized spacial score (nSPS) is 13.9. The fraction of sp³-hybridized carbons (Fsp3) is 0.242. The second-order valence-corrected chi connectivity index (χ2v) is 10.7. The third kappa shape index (κ3) is 5.55. The lowest BCUT2D eigenvalue weighted by atomic mass is 10.0. The Kier molecular flexibility index (Phi) is 6.99. The molecule has 1 N–H and O–H groups in total. The summed E-state index contributed by atoms with van der Waals surface area (Å²) < 4.78 is 37.5. The van der Waals surface area contributed by atoms with E-state index in [0.29, 0.717) is 45.5 Å². The van der Waals surface area contributed by atoms with Crippen LogP contribution in [0.25, 0.3) is 22.3 Å². The van der Waals surface area contributed by atoms with Crippen LogP contribution in [0.5, 0.6) is 5.88 Å². The highest BCUT2D eigenvalue weighted by atomic mass is 19.1. The van der Waals surface area contributed by atoms with Gasteiger partial charge in [-0.3, -0.25) is 0 Å². The zero-order valence-electron chi connectivity index (χ0n) is 22.8. The first-order valence-electron chi connectivity index (χ1n) is 13.6. The molecule has 0 bridgehead atoms. The van der Waals surface area contributed by atoms with Gasteiger partial charge in [-0.15, -0.1) is 0 Å². The van der Waals surface area contributed by atoms with Crippen LogP contribution in [0.15, 0.2) is 72.8 Å². The fourth-order valence-corrected chi connectivity index (χ4v) is 5.24. The van der Waals surface area contributed by atoms with Gasteiger partial charge in [-0.05, 0) is 80.1 Å². The van der Waals surface area contributed by atoms with Crippen molar-refractivity contribution in [2.24, 2.45) is 5.92 Å². The first-order chi connectivity index (χ1) is 19.8. The maximum Gasteiger partial charge on any atom is 0.335 e. The first-order valence-corrected chi connectivity index (χ1v) is 13.6. The van der Waals surface area contributed by atoms with Gasteiger partial charge in [-0.1, -0.05) is 30.3 Å². The number of aromatic carboxylic acids is 1. The average Bonchev–Trinajstić information content (AvgIpc) is 3.74. The molecule has 1 saturated carbocycles. The SMILES string of the molecule is Cc1ccc(COc2cccc(-c3ccc(Cc4nc5ccc(C(=O)O)cc5n4[C@H](C)C4CC4)c(F)c3)n2)c(F)c1. The lowest BCUT2D eigenvalue weighted by molar-refractivity contribution is 0.0697. The quantitative estimate of drug-likeness (QED) is 0.204. The van der Waals surface area contributed by atoms with Crippen LogP contribution in [0, 0.1) is 24.5 Å². The number of aromatic nitrogens is 3. The van der Waals surface area contributed by atoms with Gasteiger partial charge in [0.05, 0.1) is 22.3 Å². The first kappa shape index (κ1) is 26.6. The fourth-order valence-electron chi connectivity index (χ4n) is 5.24. The number of rotatable bonds is 9. The number of halogens is 2. The molecule has 1 aliphatic carbocycles. The van der Waals surface area contributed by atoms with Crippen molar-refractivity contribution in [1.29, 1.82) is 0 Å². The summed E-state index contributed by atoms with van der Waals surface area (Å²) in [6, 6.07) is 20.2. The van der Waals surface area contributed by atoms with Crippen LogP contribution in [-0.2, 0) is 13.0 Å². The number of benzene rings is 3. The summed E-state index contributed by atoms with van der Waals surface area (Å²) in [7, 11) is 0. The Morgan fingerprint density at radius 3 is 2.51 bits per heavy atom. The molecule has 0 aliphatic heterocycles. The van der Waals surface area contributed by atoms with Crippen molar-refractivity contribution in [2.45, 2.75) is 45.8 Å². The van der Waals surface area contributed by atoms with Gasteiger partial charge in [-0.2, -0.15) is 0 Å². The third-order valence-electron chi connectivity index (χ3n) is 7.73. The van der Waals surface area contributed by atoms with Crippen LogP contribution >= 0.6 is 0 Å². The molecule has 0 amide bonds. The number of hydrogen-bond acceptors (Lipinski definition) is 4. The topological polar surface area (TPSA) is 77.2 Å². The molecule has 0 saturated heterocycles. The van der Waals surface area contributed by atoms with Gasteiger partial charge in [0.25, 0.3) is 0 Å². The van der Waals surface area contributed by atoms with Crippen molar-refractivity contribution in [3.8, 4) is 17.1 Å². The van der Waals surface area contributed by atoms with E-state index in [1.54, 1.807) is 48.5 Å². The van der Waals surface area contributed by atoms with E-state index >= 15 is 4.39 Å². The van der Waals surface area contributed by atoms with Crippen molar-refractivity contribution in [1.82, 2.24) is 14.5 Å². The Hall–Kier alpha value is -4.59. The molecule has 5 aromatic rings. The van der Waals surface area contributed by atoms with Gasteiger partial charge in [0.15, 0.2) is 0 Å². The molecule has 208 valence electrons. The van der Waals surface area contributed by atoms with Gasteiger partial charge < -0.3 is 14.4 Å². The molecule has 1 fully saturated rings. The number of pyridine rings is 1. The Morgan fingerprint density at radius 1 is 1.00 bits per heavy atom. The Labute approximate surface area is 236 Å². The number of carboxylic acid groups (broad SMARTS) is 1. The summed E-state index contributed by atoms with van der Waals surface area (Å²) in [6.07, 6.45) is 2.48. The highest BCUT2D eigenvalue weighted by molar-refractivity contribution is 5.92. The van der Waals surface area contributed by atoms with Crippen LogP contribution in [0.2, 0.25) is 0 Å². The van der Waals surface area contributed by atoms with Crippen LogP contribution in [-0.4, -0.2) is 25.6 Å². The smallest absolute Gasteiger partial charge is 0.335 e. The number of ether oxygens (including phenoxy) is 1. The van der Waals surface area contributed by atoms with Crippen LogP contribution in [0.3, 0.4) is 0 Å². The number of carbonyl (C=O) groups is 1. The van der Waals surface area contributed by atoms with Crippen molar-refractivity contribution >= 4 is 17.0 Å². The summed E-state index contributed by atoms with van der Waals surface area (Å²) in [4.78, 5) is 20.9. The second-order valence-electron chi connectivity index (χ2n) is 10.7. The standard InChI is InChI=1S/C33H29F2N3O3/c1-19-6-7-25(26(34)14-19)18-41-32-5-3-4-28(37-32)23-11-10-22(27(35)15-23)17-31-36-29-13-12-24(33(39)40)16-30(29)38(31)20(2)21-8-9-21/h3-7,10-16,20-21H,8-9,17-18H2,1-2H3,(H,39,40)/t20-/m1/s1. The summed E-state index contributed by atoms with van der Waals surface area (Å²) >= 11 is 0. The van der Waals surface area contributed by atoms with Crippen LogP contribution in [0.4, 0.5) is 8.78 Å². The lowest BCUT2D eigenvalue weighted by Crippen LogP contribution is -2.12. The maximum absolute atomic E-state index is 15.5. The van der Waals surface area contributed by atoms with Crippen molar-refractivity contribution < 1.29 is 23.4 Å². The van der Waals surface area contributed by atoms with E-state index in [1.165, 1.54) is 12.1 Å². The van der Waals surface area contributed by atoms with E-state index in [2.05, 4.69) is 16.5 Å². The second kappa shape index (κ2) is 10.8. The number of nitrogens with zero attached hydrogens (tertiary/aromatic N) is 3. The molecular formula is C33H29F2N3O3. The van der Waals surface area contributed by atoms with E-state index in [4.69, 9.17) is 9.72 Å². The van der Waals surface area contributed by atoms with Crippen molar-refractivity contribution in [2.75, 3.05) is 0 Å². The molecule has 3 aromatic carbocycles. The number of carboxylic acids is 1. The van der Waals surface area contributed by atoms with E-state index in [9.17, 15) is 14.3 Å². The minimum absolute atomic E-state index is 0.0318. The van der Waals surface area contributed by atoms with Gasteiger partial charge >= 0.3 is 5.97 Å². The zero-order valence-corrected chi connectivity index (χ0v) is 22.8. The molecule has 8 heteroatoms. The van der Waals surface area contributed by atoms with E-state index < -0.39 is 5.97 Å². The molecule has 0 radical (unpaired) electrons.